The monoisotopic (exact) mass is 186 g/mol. The molecule has 0 amide bonds. The Labute approximate surface area is 80.4 Å². The minimum atomic E-state index is 0.327. The van der Waals surface area contributed by atoms with Crippen molar-refractivity contribution in [2.24, 2.45) is 4.99 Å². The van der Waals surface area contributed by atoms with Gasteiger partial charge < -0.3 is 10.1 Å². The summed E-state index contributed by atoms with van der Waals surface area (Å²) in [5, 5.41) is 11.7. The number of hydrogen-bond donors (Lipinski definition) is 2. The van der Waals surface area contributed by atoms with Crippen LogP contribution in [-0.2, 0) is 0 Å². The Balaban J connectivity index is 2.64. The van der Waals surface area contributed by atoms with Crippen LogP contribution in [0.2, 0.25) is 0 Å². The number of phenolic OH excluding ortho intramolecular Hbond substituents is 1. The van der Waals surface area contributed by atoms with E-state index >= 15 is 0 Å². The van der Waals surface area contributed by atoms with E-state index in [0.29, 0.717) is 5.75 Å². The molecule has 0 spiro atoms. The van der Waals surface area contributed by atoms with E-state index in [2.05, 4.69) is 16.1 Å². The van der Waals surface area contributed by atoms with Crippen LogP contribution in [0, 0.1) is 0 Å². The molecule has 0 fully saturated rings. The van der Waals surface area contributed by atoms with Crippen LogP contribution in [0.25, 0.3) is 17.0 Å². The Morgan fingerprint density at radius 2 is 2.29 bits per heavy atom. The maximum absolute atomic E-state index is 9.73. The van der Waals surface area contributed by atoms with Crippen LogP contribution >= 0.6 is 0 Å². The van der Waals surface area contributed by atoms with Crippen molar-refractivity contribution in [2.75, 3.05) is 6.54 Å². The topological polar surface area (TPSA) is 48.4 Å². The van der Waals surface area contributed by atoms with Gasteiger partial charge in [0.05, 0.1) is 10.9 Å². The zero-order valence-corrected chi connectivity index (χ0v) is 7.62. The number of nitrogens with zero attached hydrogens (tertiary/aromatic N) is 1. The first kappa shape index (κ1) is 7.62. The van der Waals surface area contributed by atoms with Gasteiger partial charge in [-0.1, -0.05) is 12.1 Å². The summed E-state index contributed by atoms with van der Waals surface area (Å²) in [5.74, 6) is 0.327. The number of aromatic amines is 1. The number of rotatable bonds is 0. The summed E-state index contributed by atoms with van der Waals surface area (Å²) in [6, 6.07) is 5.50. The van der Waals surface area contributed by atoms with Crippen LogP contribution in [0.5, 0.6) is 5.75 Å². The van der Waals surface area contributed by atoms with Crippen LogP contribution < -0.4 is 10.7 Å². The van der Waals surface area contributed by atoms with Gasteiger partial charge in [-0.2, -0.15) is 0 Å². The Bertz CT molecular complexity index is 610. The first-order valence-electron chi connectivity index (χ1n) is 4.70. The fourth-order valence-corrected chi connectivity index (χ4v) is 1.95. The van der Waals surface area contributed by atoms with Crippen molar-refractivity contribution in [3.8, 4) is 5.75 Å². The van der Waals surface area contributed by atoms with Gasteiger partial charge in [-0.3, -0.25) is 4.99 Å². The second-order valence-electron chi connectivity index (χ2n) is 3.46. The largest absolute Gasteiger partial charge is 0.507 e. The molecule has 0 aliphatic carbocycles. The van der Waals surface area contributed by atoms with Gasteiger partial charge in [0.2, 0.25) is 0 Å². The zero-order valence-electron chi connectivity index (χ0n) is 7.62. The molecule has 2 aromatic rings. The Morgan fingerprint density at radius 1 is 1.36 bits per heavy atom. The second kappa shape index (κ2) is 2.61. The highest BCUT2D eigenvalue weighted by Crippen LogP contribution is 2.18. The average Bonchev–Trinajstić information content (AvgIpc) is 2.57. The highest BCUT2D eigenvalue weighted by molar-refractivity contribution is 5.86. The van der Waals surface area contributed by atoms with E-state index in [0.717, 1.165) is 34.6 Å². The van der Waals surface area contributed by atoms with Gasteiger partial charge in [0.25, 0.3) is 0 Å². The molecule has 1 aromatic carbocycles. The molecule has 2 N–H and O–H groups in total. The minimum absolute atomic E-state index is 0.327. The molecule has 2 heterocycles. The van der Waals surface area contributed by atoms with E-state index < -0.39 is 0 Å². The van der Waals surface area contributed by atoms with Gasteiger partial charge in [-0.15, -0.1) is 0 Å². The van der Waals surface area contributed by atoms with Crippen LogP contribution in [0.1, 0.15) is 6.42 Å². The molecule has 0 saturated heterocycles. The number of aromatic nitrogens is 1. The molecule has 3 rings (SSSR count). The number of phenols is 1. The number of fused-ring (bicyclic) bond motifs is 3. The SMILES string of the molecule is Oc1cccc2[nH]c3c(c12)=CCCN=3. The molecule has 0 unspecified atom stereocenters. The third-order valence-corrected chi connectivity index (χ3v) is 2.57. The number of aromatic hydroxyl groups is 1. The third-order valence-electron chi connectivity index (χ3n) is 2.57. The Hall–Kier alpha value is -1.77. The molecule has 1 aliphatic heterocycles. The number of benzene rings is 1. The van der Waals surface area contributed by atoms with E-state index in [-0.39, 0.29) is 0 Å². The van der Waals surface area contributed by atoms with Crippen LogP contribution in [0.4, 0.5) is 0 Å². The average molecular weight is 186 g/mol. The molecule has 1 aromatic heterocycles. The molecular formula is C11H10N2O. The summed E-state index contributed by atoms with van der Waals surface area (Å²) >= 11 is 0. The van der Waals surface area contributed by atoms with E-state index in [1.807, 2.05) is 12.1 Å². The molecule has 0 bridgehead atoms. The lowest BCUT2D eigenvalue weighted by Gasteiger charge is -1.95. The molecule has 14 heavy (non-hydrogen) atoms. The predicted octanol–water partition coefficient (Wildman–Crippen LogP) is 0.677. The van der Waals surface area contributed by atoms with Gasteiger partial charge in [0.15, 0.2) is 0 Å². The molecule has 0 radical (unpaired) electrons. The number of H-pyrrole nitrogens is 1. The lowest BCUT2D eigenvalue weighted by Crippen LogP contribution is -2.26. The first-order chi connectivity index (χ1) is 6.86. The van der Waals surface area contributed by atoms with Crippen LogP contribution in [0.3, 0.4) is 0 Å². The third kappa shape index (κ3) is 0.894. The lowest BCUT2D eigenvalue weighted by atomic mass is 10.2. The molecule has 0 saturated carbocycles. The maximum Gasteiger partial charge on any atom is 0.133 e. The van der Waals surface area contributed by atoms with Crippen molar-refractivity contribution in [1.29, 1.82) is 0 Å². The van der Waals surface area contributed by atoms with Gasteiger partial charge >= 0.3 is 0 Å². The van der Waals surface area contributed by atoms with Gasteiger partial charge in [-0.25, -0.2) is 0 Å². The van der Waals surface area contributed by atoms with E-state index in [4.69, 9.17) is 0 Å². The fourth-order valence-electron chi connectivity index (χ4n) is 1.95. The van der Waals surface area contributed by atoms with Crippen LogP contribution in [-0.4, -0.2) is 16.6 Å². The quantitative estimate of drug-likeness (QED) is 0.624. The zero-order chi connectivity index (χ0) is 9.54. The number of hydrogen-bond acceptors (Lipinski definition) is 2. The van der Waals surface area contributed by atoms with E-state index in [1.54, 1.807) is 6.07 Å². The summed E-state index contributed by atoms with van der Waals surface area (Å²) in [4.78, 5) is 7.57. The van der Waals surface area contributed by atoms with Crippen molar-refractivity contribution in [2.45, 2.75) is 6.42 Å². The summed E-state index contributed by atoms with van der Waals surface area (Å²) in [7, 11) is 0. The van der Waals surface area contributed by atoms with E-state index in [9.17, 15) is 5.11 Å². The fraction of sp³-hybridized carbons (Fsp3) is 0.182. The predicted molar refractivity (Wildman–Crippen MR) is 54.7 cm³/mol. The molecule has 0 atom stereocenters. The smallest absolute Gasteiger partial charge is 0.133 e. The number of nitrogens with one attached hydrogen (secondary N) is 1. The van der Waals surface area contributed by atoms with Crippen molar-refractivity contribution in [3.63, 3.8) is 0 Å². The molecular weight excluding hydrogens is 176 g/mol. The maximum atomic E-state index is 9.73. The van der Waals surface area contributed by atoms with Crippen LogP contribution in [0.15, 0.2) is 23.2 Å². The lowest BCUT2D eigenvalue weighted by molar-refractivity contribution is 0.481. The molecule has 3 nitrogen and oxygen atoms in total. The summed E-state index contributed by atoms with van der Waals surface area (Å²) in [6.45, 7) is 0.834. The van der Waals surface area contributed by atoms with Crippen molar-refractivity contribution < 1.29 is 5.11 Å². The van der Waals surface area contributed by atoms with Crippen molar-refractivity contribution in [3.05, 3.63) is 28.9 Å². The summed E-state index contributed by atoms with van der Waals surface area (Å²) in [5.41, 5.74) is 1.85. The van der Waals surface area contributed by atoms with Gasteiger partial charge in [0.1, 0.15) is 11.2 Å². The Morgan fingerprint density at radius 3 is 3.21 bits per heavy atom. The van der Waals surface area contributed by atoms with Gasteiger partial charge in [-0.05, 0) is 18.6 Å². The molecule has 3 heteroatoms. The Kier molecular flexibility index (Phi) is 1.42. The first-order valence-corrected chi connectivity index (χ1v) is 4.70. The van der Waals surface area contributed by atoms with Gasteiger partial charge in [0, 0.05) is 11.8 Å². The standard InChI is InChI=1S/C11H10N2O/c14-9-5-1-4-8-10(9)7-3-2-6-12-11(7)13-8/h1,3-5,14H,2,6H2,(H,12,13). The molecule has 70 valence electrons. The van der Waals surface area contributed by atoms with E-state index in [1.165, 1.54) is 0 Å². The molecule has 1 aliphatic rings. The summed E-state index contributed by atoms with van der Waals surface area (Å²) in [6.07, 6.45) is 3.08. The minimum Gasteiger partial charge on any atom is -0.507 e. The highest BCUT2D eigenvalue weighted by atomic mass is 16.3. The normalized spacial score (nSPS) is 14.6. The second-order valence-corrected chi connectivity index (χ2v) is 3.46. The summed E-state index contributed by atoms with van der Waals surface area (Å²) < 4.78 is 0. The highest BCUT2D eigenvalue weighted by Gasteiger charge is 2.06. The van der Waals surface area contributed by atoms with Crippen molar-refractivity contribution >= 4 is 17.0 Å². The van der Waals surface area contributed by atoms with Crippen molar-refractivity contribution in [1.82, 2.24) is 4.98 Å².